The molecule has 0 aliphatic heterocycles. The van der Waals surface area contributed by atoms with Crippen LogP contribution in [0.2, 0.25) is 0 Å². The van der Waals surface area contributed by atoms with Gasteiger partial charge in [0.05, 0.1) is 18.6 Å². The molecular formula is C20H22FN3O. The van der Waals surface area contributed by atoms with Gasteiger partial charge in [0.15, 0.2) is 0 Å². The van der Waals surface area contributed by atoms with Gasteiger partial charge < -0.3 is 14.2 Å². The van der Waals surface area contributed by atoms with Gasteiger partial charge in [-0.15, -0.1) is 0 Å². The van der Waals surface area contributed by atoms with Crippen LogP contribution in [0, 0.1) is 5.82 Å². The molecule has 0 atom stereocenters. The number of aryl methyl sites for hydroxylation is 1. The summed E-state index contributed by atoms with van der Waals surface area (Å²) in [5.41, 5.74) is 2.75. The molecule has 0 bridgehead atoms. The summed E-state index contributed by atoms with van der Waals surface area (Å²) in [4.78, 5) is 6.41. The van der Waals surface area contributed by atoms with Gasteiger partial charge in [0.1, 0.15) is 18.2 Å². The number of rotatable bonds is 7. The predicted octanol–water partition coefficient (Wildman–Crippen LogP) is 4.16. The Morgan fingerprint density at radius 2 is 2.00 bits per heavy atom. The standard InChI is InChI=1S/C20H22FN3O/c1-3-24(13-18-12-22-15-23(18)2)17-8-6-9-19(11-17)25-14-16-7-4-5-10-20(16)21/h4-12,15H,3,13-14H2,1-2H3. The Morgan fingerprint density at radius 3 is 2.72 bits per heavy atom. The van der Waals surface area contributed by atoms with Crippen LogP contribution in [0.25, 0.3) is 0 Å². The molecule has 0 fully saturated rings. The van der Waals surface area contributed by atoms with Crippen LogP contribution in [0.5, 0.6) is 5.75 Å². The first-order valence-corrected chi connectivity index (χ1v) is 8.33. The zero-order chi connectivity index (χ0) is 17.6. The fraction of sp³-hybridized carbons (Fsp3) is 0.250. The highest BCUT2D eigenvalue weighted by Crippen LogP contribution is 2.23. The molecule has 0 N–H and O–H groups in total. The predicted molar refractivity (Wildman–Crippen MR) is 97.1 cm³/mol. The normalized spacial score (nSPS) is 10.7. The second kappa shape index (κ2) is 7.83. The summed E-state index contributed by atoms with van der Waals surface area (Å²) >= 11 is 0. The number of hydrogen-bond acceptors (Lipinski definition) is 3. The molecule has 4 nitrogen and oxygen atoms in total. The van der Waals surface area contributed by atoms with E-state index in [2.05, 4.69) is 22.9 Å². The maximum atomic E-state index is 13.7. The third-order valence-corrected chi connectivity index (χ3v) is 4.19. The lowest BCUT2D eigenvalue weighted by Gasteiger charge is -2.23. The number of nitrogens with zero attached hydrogens (tertiary/aromatic N) is 3. The van der Waals surface area contributed by atoms with Crippen molar-refractivity contribution in [3.63, 3.8) is 0 Å². The van der Waals surface area contributed by atoms with Crippen molar-refractivity contribution in [1.29, 1.82) is 0 Å². The third-order valence-electron chi connectivity index (χ3n) is 4.19. The Bertz CT molecular complexity index is 831. The second-order valence-corrected chi connectivity index (χ2v) is 5.89. The highest BCUT2D eigenvalue weighted by atomic mass is 19.1. The Balaban J connectivity index is 1.71. The molecule has 130 valence electrons. The fourth-order valence-corrected chi connectivity index (χ4v) is 2.66. The van der Waals surface area contributed by atoms with Crippen molar-refractivity contribution in [2.24, 2.45) is 7.05 Å². The average Bonchev–Trinajstić information content (AvgIpc) is 3.04. The second-order valence-electron chi connectivity index (χ2n) is 5.89. The van der Waals surface area contributed by atoms with Crippen LogP contribution in [0.4, 0.5) is 10.1 Å². The van der Waals surface area contributed by atoms with Crippen molar-refractivity contribution in [3.8, 4) is 5.75 Å². The molecule has 0 saturated heterocycles. The smallest absolute Gasteiger partial charge is 0.129 e. The minimum Gasteiger partial charge on any atom is -0.489 e. The van der Waals surface area contributed by atoms with Gasteiger partial charge >= 0.3 is 0 Å². The van der Waals surface area contributed by atoms with Crippen LogP contribution in [-0.2, 0) is 20.2 Å². The maximum Gasteiger partial charge on any atom is 0.129 e. The van der Waals surface area contributed by atoms with E-state index in [0.717, 1.165) is 30.2 Å². The van der Waals surface area contributed by atoms with Crippen LogP contribution in [0.3, 0.4) is 0 Å². The van der Waals surface area contributed by atoms with Gasteiger partial charge in [0.25, 0.3) is 0 Å². The van der Waals surface area contributed by atoms with Crippen LogP contribution in [0.15, 0.2) is 61.1 Å². The van der Waals surface area contributed by atoms with Crippen LogP contribution in [-0.4, -0.2) is 16.1 Å². The van der Waals surface area contributed by atoms with Crippen LogP contribution >= 0.6 is 0 Å². The summed E-state index contributed by atoms with van der Waals surface area (Å²) in [5, 5.41) is 0. The summed E-state index contributed by atoms with van der Waals surface area (Å²) in [6.45, 7) is 3.96. The molecule has 0 aliphatic rings. The lowest BCUT2D eigenvalue weighted by atomic mass is 10.2. The Morgan fingerprint density at radius 1 is 1.16 bits per heavy atom. The highest BCUT2D eigenvalue weighted by Gasteiger charge is 2.09. The summed E-state index contributed by atoms with van der Waals surface area (Å²) < 4.78 is 21.5. The Labute approximate surface area is 147 Å². The number of benzene rings is 2. The number of hydrogen-bond donors (Lipinski definition) is 0. The van der Waals surface area contributed by atoms with Crippen LogP contribution in [0.1, 0.15) is 18.2 Å². The molecule has 0 unspecified atom stereocenters. The van der Waals surface area contributed by atoms with E-state index < -0.39 is 0 Å². The lowest BCUT2D eigenvalue weighted by Crippen LogP contribution is -2.23. The third kappa shape index (κ3) is 4.18. The first kappa shape index (κ1) is 17.0. The maximum absolute atomic E-state index is 13.7. The van der Waals surface area contributed by atoms with Gasteiger partial charge in [-0.05, 0) is 25.1 Å². The zero-order valence-corrected chi connectivity index (χ0v) is 14.5. The molecule has 2 aromatic carbocycles. The van der Waals surface area contributed by atoms with E-state index in [1.54, 1.807) is 18.5 Å². The Hall–Kier alpha value is -2.82. The molecule has 0 radical (unpaired) electrons. The van der Waals surface area contributed by atoms with Gasteiger partial charge in [-0.3, -0.25) is 0 Å². The lowest BCUT2D eigenvalue weighted by molar-refractivity contribution is 0.300. The molecule has 3 aromatic rings. The first-order valence-electron chi connectivity index (χ1n) is 8.33. The molecule has 0 saturated carbocycles. The topological polar surface area (TPSA) is 30.3 Å². The van der Waals surface area contributed by atoms with Crippen molar-refractivity contribution in [1.82, 2.24) is 9.55 Å². The molecule has 3 rings (SSSR count). The molecule has 5 heteroatoms. The zero-order valence-electron chi connectivity index (χ0n) is 14.5. The molecule has 0 spiro atoms. The summed E-state index contributed by atoms with van der Waals surface area (Å²) in [5.74, 6) is 0.481. The van der Waals surface area contributed by atoms with Crippen LogP contribution < -0.4 is 9.64 Å². The number of aromatic nitrogens is 2. The van der Waals surface area contributed by atoms with Crippen molar-refractivity contribution in [2.45, 2.75) is 20.1 Å². The van der Waals surface area contributed by atoms with Gasteiger partial charge in [-0.1, -0.05) is 24.3 Å². The molecule has 1 heterocycles. The fourth-order valence-electron chi connectivity index (χ4n) is 2.66. The van der Waals surface area contributed by atoms with Crippen molar-refractivity contribution >= 4 is 5.69 Å². The number of anilines is 1. The summed E-state index contributed by atoms with van der Waals surface area (Å²) in [7, 11) is 1.99. The molecule has 0 amide bonds. The largest absolute Gasteiger partial charge is 0.489 e. The van der Waals surface area contributed by atoms with E-state index in [0.29, 0.717) is 5.56 Å². The number of ether oxygens (including phenoxy) is 1. The monoisotopic (exact) mass is 339 g/mol. The van der Waals surface area contributed by atoms with E-state index in [9.17, 15) is 4.39 Å². The molecular weight excluding hydrogens is 317 g/mol. The van der Waals surface area contributed by atoms with Crippen molar-refractivity contribution < 1.29 is 9.13 Å². The van der Waals surface area contributed by atoms with Gasteiger partial charge in [-0.25, -0.2) is 9.37 Å². The molecule has 1 aromatic heterocycles. The minimum atomic E-state index is -0.245. The SMILES string of the molecule is CCN(Cc1cncn1C)c1cccc(OCc2ccccc2F)c1. The van der Waals surface area contributed by atoms with Gasteiger partial charge in [0.2, 0.25) is 0 Å². The summed E-state index contributed by atoms with van der Waals surface area (Å²) in [6.07, 6.45) is 3.68. The minimum absolute atomic E-state index is 0.212. The molecule has 0 aliphatic carbocycles. The molecule has 25 heavy (non-hydrogen) atoms. The van der Waals surface area contributed by atoms with Crippen molar-refractivity contribution in [3.05, 3.63) is 78.1 Å². The number of imidazole rings is 1. The van der Waals surface area contributed by atoms with E-state index in [1.807, 2.05) is 42.1 Å². The Kier molecular flexibility index (Phi) is 5.33. The van der Waals surface area contributed by atoms with E-state index >= 15 is 0 Å². The van der Waals surface area contributed by atoms with Gasteiger partial charge in [-0.2, -0.15) is 0 Å². The van der Waals surface area contributed by atoms with Gasteiger partial charge in [0, 0.05) is 37.1 Å². The highest BCUT2D eigenvalue weighted by molar-refractivity contribution is 5.50. The van der Waals surface area contributed by atoms with E-state index in [-0.39, 0.29) is 12.4 Å². The average molecular weight is 339 g/mol. The van der Waals surface area contributed by atoms with E-state index in [1.165, 1.54) is 6.07 Å². The van der Waals surface area contributed by atoms with E-state index in [4.69, 9.17) is 4.74 Å². The number of halogens is 1. The van der Waals surface area contributed by atoms with Crippen molar-refractivity contribution in [2.75, 3.05) is 11.4 Å². The quantitative estimate of drug-likeness (QED) is 0.647. The summed E-state index contributed by atoms with van der Waals surface area (Å²) in [6, 6.07) is 14.6. The first-order chi connectivity index (χ1) is 12.2.